The van der Waals surface area contributed by atoms with E-state index in [1.165, 1.54) is 18.4 Å². The monoisotopic (exact) mass is 258 g/mol. The van der Waals surface area contributed by atoms with Crippen LogP contribution in [-0.4, -0.2) is 37.0 Å². The van der Waals surface area contributed by atoms with Crippen LogP contribution in [0.15, 0.2) is 24.3 Å². The first-order valence-corrected chi connectivity index (χ1v) is 7.34. The van der Waals surface area contributed by atoms with Gasteiger partial charge in [-0.15, -0.1) is 0 Å². The molecule has 1 fully saturated rings. The molecule has 1 aromatic carbocycles. The first-order chi connectivity index (χ1) is 9.29. The molecule has 1 N–H and O–H groups in total. The van der Waals surface area contributed by atoms with Crippen molar-refractivity contribution in [2.24, 2.45) is 5.92 Å². The minimum Gasteiger partial charge on any atom is -0.337 e. The van der Waals surface area contributed by atoms with Gasteiger partial charge in [0.1, 0.15) is 0 Å². The number of aryl methyl sites for hydroxylation is 1. The number of carbonyl (C=O) groups excluding carboxylic acids is 1. The predicted octanol–water partition coefficient (Wildman–Crippen LogP) is 2.07. The van der Waals surface area contributed by atoms with Gasteiger partial charge in [0.15, 0.2) is 0 Å². The quantitative estimate of drug-likeness (QED) is 0.896. The van der Waals surface area contributed by atoms with Crippen molar-refractivity contribution < 1.29 is 4.79 Å². The molecule has 3 rings (SSSR count). The average molecular weight is 258 g/mol. The van der Waals surface area contributed by atoms with Crippen LogP contribution in [0.2, 0.25) is 0 Å². The molecule has 1 aliphatic heterocycles. The summed E-state index contributed by atoms with van der Waals surface area (Å²) < 4.78 is 0. The second kappa shape index (κ2) is 5.33. The molecule has 1 saturated carbocycles. The van der Waals surface area contributed by atoms with E-state index in [1.54, 1.807) is 0 Å². The molecule has 1 aromatic rings. The molecule has 0 aromatic heterocycles. The van der Waals surface area contributed by atoms with Crippen molar-refractivity contribution in [3.8, 4) is 0 Å². The van der Waals surface area contributed by atoms with E-state index in [9.17, 15) is 4.79 Å². The van der Waals surface area contributed by atoms with Gasteiger partial charge in [-0.25, -0.2) is 0 Å². The van der Waals surface area contributed by atoms with Gasteiger partial charge in [-0.05, 0) is 50.3 Å². The van der Waals surface area contributed by atoms with Crippen LogP contribution in [0.3, 0.4) is 0 Å². The zero-order chi connectivity index (χ0) is 13.2. The summed E-state index contributed by atoms with van der Waals surface area (Å²) in [5.41, 5.74) is 2.12. The van der Waals surface area contributed by atoms with Crippen LogP contribution >= 0.6 is 0 Å². The zero-order valence-electron chi connectivity index (χ0n) is 11.6. The lowest BCUT2D eigenvalue weighted by Gasteiger charge is -2.26. The Morgan fingerprint density at radius 2 is 2.16 bits per heavy atom. The lowest BCUT2D eigenvalue weighted by molar-refractivity contribution is 0.0741. The maximum Gasteiger partial charge on any atom is 0.254 e. The fraction of sp³-hybridized carbons (Fsp3) is 0.562. The summed E-state index contributed by atoms with van der Waals surface area (Å²) in [6, 6.07) is 8.53. The van der Waals surface area contributed by atoms with Crippen molar-refractivity contribution in [2.45, 2.75) is 31.7 Å². The Kier molecular flexibility index (Phi) is 3.56. The van der Waals surface area contributed by atoms with E-state index in [0.29, 0.717) is 6.04 Å². The molecule has 19 heavy (non-hydrogen) atoms. The van der Waals surface area contributed by atoms with E-state index >= 15 is 0 Å². The third-order valence-electron chi connectivity index (χ3n) is 4.39. The molecular weight excluding hydrogens is 236 g/mol. The molecule has 2 aliphatic rings. The highest BCUT2D eigenvalue weighted by molar-refractivity contribution is 5.96. The number of amides is 1. The van der Waals surface area contributed by atoms with Crippen LogP contribution in [0, 0.1) is 5.92 Å². The van der Waals surface area contributed by atoms with Crippen molar-refractivity contribution in [1.29, 1.82) is 0 Å². The fourth-order valence-electron chi connectivity index (χ4n) is 3.07. The number of carbonyl (C=O) groups is 1. The van der Waals surface area contributed by atoms with Crippen molar-refractivity contribution in [3.63, 3.8) is 0 Å². The number of likely N-dealkylation sites (N-methyl/N-ethyl adjacent to an activating group) is 1. The van der Waals surface area contributed by atoms with Gasteiger partial charge in [-0.3, -0.25) is 4.79 Å². The van der Waals surface area contributed by atoms with Gasteiger partial charge in [0.05, 0.1) is 0 Å². The highest BCUT2D eigenvalue weighted by Gasteiger charge is 2.33. The smallest absolute Gasteiger partial charge is 0.254 e. The number of benzene rings is 1. The van der Waals surface area contributed by atoms with Crippen molar-refractivity contribution in [3.05, 3.63) is 35.4 Å². The van der Waals surface area contributed by atoms with Crippen LogP contribution < -0.4 is 5.32 Å². The molecule has 0 saturated heterocycles. The maximum atomic E-state index is 12.6. The van der Waals surface area contributed by atoms with Gasteiger partial charge < -0.3 is 10.2 Å². The van der Waals surface area contributed by atoms with Gasteiger partial charge in [-0.2, -0.15) is 0 Å². The number of fused-ring (bicyclic) bond motifs is 1. The van der Waals surface area contributed by atoms with Crippen LogP contribution in [-0.2, 0) is 6.42 Å². The summed E-state index contributed by atoms with van der Waals surface area (Å²) in [4.78, 5) is 14.7. The zero-order valence-corrected chi connectivity index (χ0v) is 11.6. The summed E-state index contributed by atoms with van der Waals surface area (Å²) in [5.74, 6) is 0.991. The van der Waals surface area contributed by atoms with E-state index < -0.39 is 0 Å². The largest absolute Gasteiger partial charge is 0.337 e. The number of rotatable bonds is 4. The maximum absolute atomic E-state index is 12.6. The second-order valence-electron chi connectivity index (χ2n) is 5.74. The van der Waals surface area contributed by atoms with E-state index in [2.05, 4.69) is 11.4 Å². The summed E-state index contributed by atoms with van der Waals surface area (Å²) in [7, 11) is 2.01. The van der Waals surface area contributed by atoms with Crippen LogP contribution in [0.5, 0.6) is 0 Å². The molecule has 1 atom stereocenters. The van der Waals surface area contributed by atoms with Gasteiger partial charge in [0.25, 0.3) is 5.91 Å². The SMILES string of the molecule is CNC(CN1CCCc2ccccc2C1=O)C1CC1. The van der Waals surface area contributed by atoms with E-state index in [4.69, 9.17) is 0 Å². The van der Waals surface area contributed by atoms with Gasteiger partial charge in [-0.1, -0.05) is 18.2 Å². The van der Waals surface area contributed by atoms with Crippen molar-refractivity contribution in [2.75, 3.05) is 20.1 Å². The summed E-state index contributed by atoms with van der Waals surface area (Å²) in [6.45, 7) is 1.74. The lowest BCUT2D eigenvalue weighted by atomic mass is 10.0. The van der Waals surface area contributed by atoms with Gasteiger partial charge in [0, 0.05) is 24.7 Å². The van der Waals surface area contributed by atoms with Crippen LogP contribution in [0.1, 0.15) is 35.2 Å². The molecule has 1 unspecified atom stereocenters. The standard InChI is InChI=1S/C16H22N2O/c1-17-15(13-8-9-13)11-18-10-4-6-12-5-2-3-7-14(12)16(18)19/h2-3,5,7,13,15,17H,4,6,8-11H2,1H3. The minimum absolute atomic E-state index is 0.217. The Labute approximate surface area is 115 Å². The first-order valence-electron chi connectivity index (χ1n) is 7.34. The molecule has 1 heterocycles. The van der Waals surface area contributed by atoms with Crippen molar-refractivity contribution >= 4 is 5.91 Å². The van der Waals surface area contributed by atoms with Gasteiger partial charge in [0.2, 0.25) is 0 Å². The highest BCUT2D eigenvalue weighted by atomic mass is 16.2. The van der Waals surface area contributed by atoms with Crippen LogP contribution in [0.4, 0.5) is 0 Å². The molecule has 102 valence electrons. The molecule has 1 aliphatic carbocycles. The number of hydrogen-bond donors (Lipinski definition) is 1. The van der Waals surface area contributed by atoms with E-state index in [-0.39, 0.29) is 5.91 Å². The second-order valence-corrected chi connectivity index (χ2v) is 5.74. The third-order valence-corrected chi connectivity index (χ3v) is 4.39. The Bertz CT molecular complexity index is 468. The van der Waals surface area contributed by atoms with Crippen molar-refractivity contribution in [1.82, 2.24) is 10.2 Å². The molecule has 3 nitrogen and oxygen atoms in total. The Morgan fingerprint density at radius 1 is 1.37 bits per heavy atom. The van der Waals surface area contributed by atoms with Gasteiger partial charge >= 0.3 is 0 Å². The molecule has 0 spiro atoms. The molecular formula is C16H22N2O. The predicted molar refractivity (Wildman–Crippen MR) is 76.2 cm³/mol. The Hall–Kier alpha value is -1.35. The summed E-state index contributed by atoms with van der Waals surface area (Å²) in [5, 5.41) is 3.38. The topological polar surface area (TPSA) is 32.3 Å². The molecule has 0 radical (unpaired) electrons. The van der Waals surface area contributed by atoms with Crippen LogP contribution in [0.25, 0.3) is 0 Å². The summed E-state index contributed by atoms with van der Waals surface area (Å²) in [6.07, 6.45) is 4.71. The summed E-state index contributed by atoms with van der Waals surface area (Å²) >= 11 is 0. The fourth-order valence-corrected chi connectivity index (χ4v) is 3.07. The number of nitrogens with zero attached hydrogens (tertiary/aromatic N) is 1. The molecule has 0 bridgehead atoms. The lowest BCUT2D eigenvalue weighted by Crippen LogP contribution is -2.43. The minimum atomic E-state index is 0.217. The Balaban J connectivity index is 1.77. The Morgan fingerprint density at radius 3 is 2.89 bits per heavy atom. The highest BCUT2D eigenvalue weighted by Crippen LogP contribution is 2.33. The molecule has 3 heteroatoms. The molecule has 1 amide bonds. The first kappa shape index (κ1) is 12.7. The van der Waals surface area contributed by atoms with E-state index in [0.717, 1.165) is 37.4 Å². The number of hydrogen-bond acceptors (Lipinski definition) is 2. The average Bonchev–Trinajstić information content (AvgIpc) is 3.26. The van der Waals surface area contributed by atoms with E-state index in [1.807, 2.05) is 30.1 Å². The number of nitrogens with one attached hydrogen (secondary N) is 1. The normalized spacial score (nSPS) is 20.9. The third kappa shape index (κ3) is 2.66.